The summed E-state index contributed by atoms with van der Waals surface area (Å²) in [5, 5.41) is 4.53. The van der Waals surface area contributed by atoms with Crippen molar-refractivity contribution in [1.29, 1.82) is 0 Å². The number of nitrogens with two attached hydrogens (primary N) is 1. The zero-order chi connectivity index (χ0) is 14.4. The second kappa shape index (κ2) is 7.25. The van der Waals surface area contributed by atoms with Crippen molar-refractivity contribution < 1.29 is 14.3 Å². The second-order valence-corrected chi connectivity index (χ2v) is 5.23. The molecule has 0 aliphatic heterocycles. The van der Waals surface area contributed by atoms with Crippen molar-refractivity contribution in [2.24, 2.45) is 5.73 Å². The Labute approximate surface area is 117 Å². The number of amides is 1. The first-order chi connectivity index (χ1) is 9.01. The summed E-state index contributed by atoms with van der Waals surface area (Å²) in [6.07, 6.45) is 2.53. The maximum atomic E-state index is 11.9. The molecule has 106 valence electrons. The summed E-state index contributed by atoms with van der Waals surface area (Å²) in [4.78, 5) is 23.9. The zero-order valence-electron chi connectivity index (χ0n) is 11.5. The predicted molar refractivity (Wildman–Crippen MR) is 76.5 cm³/mol. The lowest BCUT2D eigenvalue weighted by Gasteiger charge is -2.12. The SMILES string of the molecule is CCCCC(N)C(=O)Nc1c(C)csc1C(=O)OC. The quantitative estimate of drug-likeness (QED) is 0.785. The van der Waals surface area contributed by atoms with E-state index < -0.39 is 12.0 Å². The Bertz CT molecular complexity index is 457. The number of hydrogen-bond acceptors (Lipinski definition) is 5. The smallest absolute Gasteiger partial charge is 0.350 e. The van der Waals surface area contributed by atoms with Crippen LogP contribution in [0.5, 0.6) is 0 Å². The fourth-order valence-corrected chi connectivity index (χ4v) is 2.54. The Kier molecular flexibility index (Phi) is 5.98. The first kappa shape index (κ1) is 15.7. The lowest BCUT2D eigenvalue weighted by molar-refractivity contribution is -0.117. The maximum absolute atomic E-state index is 11.9. The van der Waals surface area contributed by atoms with E-state index >= 15 is 0 Å². The molecule has 5 nitrogen and oxygen atoms in total. The minimum Gasteiger partial charge on any atom is -0.465 e. The summed E-state index contributed by atoms with van der Waals surface area (Å²) in [5.74, 6) is -0.712. The highest BCUT2D eigenvalue weighted by molar-refractivity contribution is 7.12. The normalized spacial score (nSPS) is 12.0. The highest BCUT2D eigenvalue weighted by atomic mass is 32.1. The monoisotopic (exact) mass is 284 g/mol. The molecule has 19 heavy (non-hydrogen) atoms. The molecule has 0 aliphatic rings. The standard InChI is InChI=1S/C13H20N2O3S/c1-4-5-6-9(14)12(16)15-10-8(2)7-19-11(10)13(17)18-3/h7,9H,4-6,14H2,1-3H3,(H,15,16). The molecule has 0 saturated carbocycles. The van der Waals surface area contributed by atoms with Crippen molar-refractivity contribution in [3.05, 3.63) is 15.8 Å². The van der Waals surface area contributed by atoms with Gasteiger partial charge in [-0.25, -0.2) is 4.79 Å². The Balaban J connectivity index is 2.78. The van der Waals surface area contributed by atoms with Gasteiger partial charge in [-0.1, -0.05) is 19.8 Å². The summed E-state index contributed by atoms with van der Waals surface area (Å²) < 4.78 is 4.69. The fraction of sp³-hybridized carbons (Fsp3) is 0.538. The van der Waals surface area contributed by atoms with Gasteiger partial charge in [-0.15, -0.1) is 11.3 Å². The van der Waals surface area contributed by atoms with E-state index in [1.165, 1.54) is 18.4 Å². The van der Waals surface area contributed by atoms with Crippen LogP contribution in [0.25, 0.3) is 0 Å². The molecule has 1 heterocycles. The van der Waals surface area contributed by atoms with E-state index in [1.54, 1.807) is 5.38 Å². The number of rotatable bonds is 6. The van der Waals surface area contributed by atoms with Gasteiger partial charge in [0.15, 0.2) is 0 Å². The van der Waals surface area contributed by atoms with Crippen molar-refractivity contribution in [3.63, 3.8) is 0 Å². The van der Waals surface area contributed by atoms with Gasteiger partial charge in [-0.05, 0) is 24.3 Å². The minimum atomic E-state index is -0.551. The number of esters is 1. The molecule has 0 aliphatic carbocycles. The number of thiophene rings is 1. The van der Waals surface area contributed by atoms with E-state index in [-0.39, 0.29) is 5.91 Å². The van der Waals surface area contributed by atoms with Crippen LogP contribution in [0.4, 0.5) is 5.69 Å². The molecule has 1 aromatic rings. The van der Waals surface area contributed by atoms with Gasteiger partial charge >= 0.3 is 5.97 Å². The minimum absolute atomic E-state index is 0.264. The third-order valence-electron chi connectivity index (χ3n) is 2.80. The summed E-state index contributed by atoms with van der Waals surface area (Å²) in [6.45, 7) is 3.87. The van der Waals surface area contributed by atoms with Crippen LogP contribution in [-0.2, 0) is 9.53 Å². The molecule has 0 fully saturated rings. The summed E-state index contributed by atoms with van der Waals surface area (Å²) in [7, 11) is 1.32. The molecule has 0 bridgehead atoms. The molecule has 0 radical (unpaired) electrons. The summed E-state index contributed by atoms with van der Waals surface area (Å²) in [5.41, 5.74) is 7.15. The molecule has 1 rings (SSSR count). The molecule has 0 aromatic carbocycles. The lowest BCUT2D eigenvalue weighted by Crippen LogP contribution is -2.35. The number of carbonyl (C=O) groups is 2. The van der Waals surface area contributed by atoms with Crippen LogP contribution >= 0.6 is 11.3 Å². The van der Waals surface area contributed by atoms with Crippen LogP contribution < -0.4 is 11.1 Å². The van der Waals surface area contributed by atoms with Crippen LogP contribution in [0.1, 0.15) is 41.4 Å². The van der Waals surface area contributed by atoms with Crippen LogP contribution in [0.15, 0.2) is 5.38 Å². The predicted octanol–water partition coefficient (Wildman–Crippen LogP) is 2.30. The number of ether oxygens (including phenoxy) is 1. The van der Waals surface area contributed by atoms with Crippen molar-refractivity contribution in [2.45, 2.75) is 39.2 Å². The van der Waals surface area contributed by atoms with Crippen LogP contribution in [0.3, 0.4) is 0 Å². The highest BCUT2D eigenvalue weighted by Gasteiger charge is 2.21. The lowest BCUT2D eigenvalue weighted by atomic mass is 10.1. The van der Waals surface area contributed by atoms with E-state index in [4.69, 9.17) is 5.73 Å². The van der Waals surface area contributed by atoms with Gasteiger partial charge in [-0.2, -0.15) is 0 Å². The number of nitrogens with one attached hydrogen (secondary N) is 1. The van der Waals surface area contributed by atoms with Gasteiger partial charge in [0.25, 0.3) is 0 Å². The molecule has 6 heteroatoms. The van der Waals surface area contributed by atoms with E-state index in [1.807, 2.05) is 13.8 Å². The number of hydrogen-bond donors (Lipinski definition) is 2. The third-order valence-corrected chi connectivity index (χ3v) is 3.88. The first-order valence-corrected chi connectivity index (χ1v) is 7.12. The van der Waals surface area contributed by atoms with E-state index in [0.717, 1.165) is 18.4 Å². The van der Waals surface area contributed by atoms with Gasteiger partial charge in [0.1, 0.15) is 4.88 Å². The Morgan fingerprint density at radius 2 is 2.21 bits per heavy atom. The van der Waals surface area contributed by atoms with Crippen molar-refractivity contribution >= 4 is 28.9 Å². The number of aryl methyl sites for hydroxylation is 1. The van der Waals surface area contributed by atoms with Gasteiger partial charge < -0.3 is 15.8 Å². The van der Waals surface area contributed by atoms with Crippen LogP contribution in [0.2, 0.25) is 0 Å². The number of carbonyl (C=O) groups excluding carboxylic acids is 2. The molecule has 1 aromatic heterocycles. The van der Waals surface area contributed by atoms with Crippen molar-refractivity contribution in [3.8, 4) is 0 Å². The third kappa shape index (κ3) is 4.04. The second-order valence-electron chi connectivity index (χ2n) is 4.35. The number of unbranched alkanes of at least 4 members (excludes halogenated alkanes) is 1. The number of anilines is 1. The number of methoxy groups -OCH3 is 1. The molecule has 0 spiro atoms. The summed E-state index contributed by atoms with van der Waals surface area (Å²) >= 11 is 1.25. The van der Waals surface area contributed by atoms with E-state index in [9.17, 15) is 9.59 Å². The molecular formula is C13H20N2O3S. The first-order valence-electron chi connectivity index (χ1n) is 6.24. The van der Waals surface area contributed by atoms with E-state index in [0.29, 0.717) is 17.0 Å². The van der Waals surface area contributed by atoms with Gasteiger partial charge in [0, 0.05) is 0 Å². The maximum Gasteiger partial charge on any atom is 0.350 e. The Morgan fingerprint density at radius 1 is 1.53 bits per heavy atom. The summed E-state index contributed by atoms with van der Waals surface area (Å²) in [6, 6.07) is -0.551. The van der Waals surface area contributed by atoms with Crippen molar-refractivity contribution in [2.75, 3.05) is 12.4 Å². The molecule has 3 N–H and O–H groups in total. The molecule has 1 unspecified atom stereocenters. The molecule has 0 saturated heterocycles. The molecule has 1 amide bonds. The average molecular weight is 284 g/mol. The van der Waals surface area contributed by atoms with Crippen LogP contribution in [0, 0.1) is 6.92 Å². The van der Waals surface area contributed by atoms with Crippen molar-refractivity contribution in [1.82, 2.24) is 0 Å². The van der Waals surface area contributed by atoms with E-state index in [2.05, 4.69) is 10.1 Å². The fourth-order valence-electron chi connectivity index (χ4n) is 1.61. The highest BCUT2D eigenvalue weighted by Crippen LogP contribution is 2.28. The topological polar surface area (TPSA) is 81.4 Å². The van der Waals surface area contributed by atoms with Gasteiger partial charge in [0.05, 0.1) is 18.8 Å². The van der Waals surface area contributed by atoms with Crippen LogP contribution in [-0.4, -0.2) is 25.0 Å². The zero-order valence-corrected chi connectivity index (χ0v) is 12.3. The van der Waals surface area contributed by atoms with Gasteiger partial charge in [-0.3, -0.25) is 4.79 Å². The largest absolute Gasteiger partial charge is 0.465 e. The molecular weight excluding hydrogens is 264 g/mol. The molecule has 1 atom stereocenters. The average Bonchev–Trinajstić information content (AvgIpc) is 2.76. The van der Waals surface area contributed by atoms with Gasteiger partial charge in [0.2, 0.25) is 5.91 Å². The Morgan fingerprint density at radius 3 is 2.79 bits per heavy atom. The Hall–Kier alpha value is -1.40.